The highest BCUT2D eigenvalue weighted by molar-refractivity contribution is 7.13. The van der Waals surface area contributed by atoms with Crippen molar-refractivity contribution in [1.29, 1.82) is 0 Å². The molecule has 1 aliphatic rings. The van der Waals surface area contributed by atoms with Crippen LogP contribution in [0.5, 0.6) is 0 Å². The quantitative estimate of drug-likeness (QED) is 0.372. The first kappa shape index (κ1) is 23.2. The van der Waals surface area contributed by atoms with Gasteiger partial charge in [-0.05, 0) is 55.3 Å². The third kappa shape index (κ3) is 4.84. The zero-order chi connectivity index (χ0) is 24.4. The van der Waals surface area contributed by atoms with Crippen LogP contribution in [0.25, 0.3) is 27.3 Å². The van der Waals surface area contributed by atoms with Crippen molar-refractivity contribution in [3.8, 4) is 16.3 Å². The minimum Gasteiger partial charge on any atom is -0.452 e. The van der Waals surface area contributed by atoms with Crippen molar-refractivity contribution in [1.82, 2.24) is 20.1 Å². The molecule has 7 nitrogen and oxygen atoms in total. The minimum absolute atomic E-state index is 0.138. The van der Waals surface area contributed by atoms with Gasteiger partial charge in [-0.15, -0.1) is 11.3 Å². The molecule has 1 N–H and O–H groups in total. The van der Waals surface area contributed by atoms with Crippen molar-refractivity contribution >= 4 is 34.2 Å². The van der Waals surface area contributed by atoms with E-state index >= 15 is 0 Å². The molecule has 3 aromatic heterocycles. The number of hydrogen-bond acceptors (Lipinski definition) is 6. The van der Waals surface area contributed by atoms with Crippen LogP contribution in [0, 0.1) is 12.8 Å². The summed E-state index contributed by atoms with van der Waals surface area (Å²) in [6.45, 7) is 3.69. The lowest BCUT2D eigenvalue weighted by molar-refractivity contribution is -0.125. The summed E-state index contributed by atoms with van der Waals surface area (Å²) in [4.78, 5) is 31.6. The highest BCUT2D eigenvalue weighted by atomic mass is 32.1. The van der Waals surface area contributed by atoms with Gasteiger partial charge >= 0.3 is 5.97 Å². The second-order valence-corrected chi connectivity index (χ2v) is 10.0. The molecule has 4 aromatic rings. The van der Waals surface area contributed by atoms with E-state index in [-0.39, 0.29) is 18.6 Å². The molecule has 0 radical (unpaired) electrons. The van der Waals surface area contributed by atoms with E-state index in [9.17, 15) is 9.59 Å². The van der Waals surface area contributed by atoms with Crippen molar-refractivity contribution in [3.05, 3.63) is 65.2 Å². The molecular weight excluding hydrogens is 460 g/mol. The van der Waals surface area contributed by atoms with Crippen molar-refractivity contribution in [2.75, 3.05) is 6.61 Å². The third-order valence-corrected chi connectivity index (χ3v) is 7.49. The Kier molecular flexibility index (Phi) is 6.63. The zero-order valence-corrected chi connectivity index (χ0v) is 20.7. The summed E-state index contributed by atoms with van der Waals surface area (Å²) in [7, 11) is 0. The number of para-hydroxylation sites is 1. The third-order valence-electron chi connectivity index (χ3n) is 6.60. The maximum absolute atomic E-state index is 13.3. The molecule has 0 aliphatic heterocycles. The van der Waals surface area contributed by atoms with Crippen LogP contribution in [0.3, 0.4) is 0 Å². The van der Waals surface area contributed by atoms with Gasteiger partial charge in [-0.1, -0.05) is 44.0 Å². The molecule has 1 aliphatic carbocycles. The van der Waals surface area contributed by atoms with Crippen LogP contribution < -0.4 is 5.32 Å². The Morgan fingerprint density at radius 2 is 1.94 bits per heavy atom. The lowest BCUT2D eigenvalue weighted by Gasteiger charge is -2.29. The smallest absolute Gasteiger partial charge is 0.339 e. The summed E-state index contributed by atoms with van der Waals surface area (Å²) in [5.74, 6) is -0.390. The van der Waals surface area contributed by atoms with Gasteiger partial charge in [0.1, 0.15) is 0 Å². The number of amides is 1. The molecule has 0 saturated heterocycles. The summed E-state index contributed by atoms with van der Waals surface area (Å²) in [6.07, 6.45) is 4.38. The van der Waals surface area contributed by atoms with Gasteiger partial charge in [0.25, 0.3) is 5.91 Å². The van der Waals surface area contributed by atoms with Crippen LogP contribution in [0.15, 0.2) is 53.9 Å². The Bertz CT molecular complexity index is 1350. The number of pyridine rings is 1. The number of benzene rings is 1. The van der Waals surface area contributed by atoms with E-state index in [4.69, 9.17) is 9.72 Å². The largest absolute Gasteiger partial charge is 0.452 e. The summed E-state index contributed by atoms with van der Waals surface area (Å²) < 4.78 is 7.25. The zero-order valence-electron chi connectivity index (χ0n) is 19.9. The molecule has 180 valence electrons. The van der Waals surface area contributed by atoms with Gasteiger partial charge in [-0.2, -0.15) is 5.10 Å². The highest BCUT2D eigenvalue weighted by Gasteiger charge is 2.25. The number of nitrogens with zero attached hydrogens (tertiary/aromatic N) is 3. The Morgan fingerprint density at radius 1 is 1.14 bits per heavy atom. The molecule has 0 unspecified atom stereocenters. The van der Waals surface area contributed by atoms with E-state index in [1.165, 1.54) is 6.42 Å². The molecule has 1 aromatic carbocycles. The SMILES string of the molecule is Cc1nn(-c2ccccc2)c2nc(-c3cccs3)cc(C(=O)OCC(=O)N[C@H]3CCCC[C@@H]3C)c12. The molecule has 0 bridgehead atoms. The number of ether oxygens (including phenoxy) is 1. The second kappa shape index (κ2) is 10.00. The number of hydrogen-bond donors (Lipinski definition) is 1. The van der Waals surface area contributed by atoms with Crippen LogP contribution in [-0.2, 0) is 9.53 Å². The number of thiophene rings is 1. The fourth-order valence-corrected chi connectivity index (χ4v) is 5.42. The summed E-state index contributed by atoms with van der Waals surface area (Å²) in [5.41, 5.74) is 3.12. The van der Waals surface area contributed by atoms with Gasteiger partial charge < -0.3 is 10.1 Å². The highest BCUT2D eigenvalue weighted by Crippen LogP contribution is 2.31. The van der Waals surface area contributed by atoms with Gasteiger partial charge in [-0.3, -0.25) is 4.79 Å². The number of carbonyl (C=O) groups excluding carboxylic acids is 2. The minimum atomic E-state index is -0.558. The molecule has 5 rings (SSSR count). The maximum Gasteiger partial charge on any atom is 0.339 e. The van der Waals surface area contributed by atoms with Crippen LogP contribution >= 0.6 is 11.3 Å². The fourth-order valence-electron chi connectivity index (χ4n) is 4.74. The predicted molar refractivity (Wildman–Crippen MR) is 137 cm³/mol. The lowest BCUT2D eigenvalue weighted by Crippen LogP contribution is -2.42. The molecule has 1 fully saturated rings. The number of fused-ring (bicyclic) bond motifs is 1. The van der Waals surface area contributed by atoms with E-state index < -0.39 is 5.97 Å². The summed E-state index contributed by atoms with van der Waals surface area (Å²) in [5, 5.41) is 10.3. The molecule has 3 heterocycles. The average Bonchev–Trinajstić information content (AvgIpc) is 3.53. The molecule has 1 amide bonds. The summed E-state index contributed by atoms with van der Waals surface area (Å²) in [6, 6.07) is 15.5. The standard InChI is InChI=1S/C27H28N4O3S/c1-17-9-6-7-12-21(17)28-24(32)16-34-27(33)20-15-22(23-13-8-14-35-23)29-26-25(20)18(2)30-31(26)19-10-4-3-5-11-19/h3-5,8,10-11,13-15,17,21H,6-7,9,12,16H2,1-2H3,(H,28,32)/t17-,21-/m0/s1. The molecule has 8 heteroatoms. The van der Waals surface area contributed by atoms with E-state index in [1.54, 1.807) is 22.1 Å². The van der Waals surface area contributed by atoms with Crippen molar-refractivity contribution in [3.63, 3.8) is 0 Å². The first-order valence-corrected chi connectivity index (χ1v) is 12.9. The van der Waals surface area contributed by atoms with Crippen LogP contribution in [0.1, 0.15) is 48.7 Å². The molecule has 1 saturated carbocycles. The average molecular weight is 489 g/mol. The van der Waals surface area contributed by atoms with Gasteiger partial charge in [0.15, 0.2) is 12.3 Å². The number of rotatable bonds is 6. The Hall–Kier alpha value is -3.52. The molecule has 0 spiro atoms. The monoisotopic (exact) mass is 488 g/mol. The Morgan fingerprint density at radius 3 is 2.69 bits per heavy atom. The molecule has 35 heavy (non-hydrogen) atoms. The first-order chi connectivity index (χ1) is 17.0. The van der Waals surface area contributed by atoms with E-state index in [0.29, 0.717) is 33.9 Å². The predicted octanol–water partition coefficient (Wildman–Crippen LogP) is 5.31. The number of aryl methyl sites for hydroxylation is 1. The van der Waals surface area contributed by atoms with Gasteiger partial charge in [0, 0.05) is 6.04 Å². The van der Waals surface area contributed by atoms with Crippen LogP contribution in [0.2, 0.25) is 0 Å². The Labute approximate surface area is 208 Å². The van der Waals surface area contributed by atoms with Gasteiger partial charge in [0.05, 0.1) is 32.9 Å². The summed E-state index contributed by atoms with van der Waals surface area (Å²) >= 11 is 1.54. The van der Waals surface area contributed by atoms with Gasteiger partial charge in [0.2, 0.25) is 0 Å². The number of carbonyl (C=O) groups is 2. The Balaban J connectivity index is 1.46. The molecule has 2 atom stereocenters. The number of esters is 1. The topological polar surface area (TPSA) is 86.1 Å². The maximum atomic E-state index is 13.3. The van der Waals surface area contributed by atoms with Gasteiger partial charge in [-0.25, -0.2) is 14.5 Å². The van der Waals surface area contributed by atoms with Crippen molar-refractivity contribution < 1.29 is 14.3 Å². The lowest BCUT2D eigenvalue weighted by atomic mass is 9.86. The van der Waals surface area contributed by atoms with E-state index in [2.05, 4.69) is 17.3 Å². The van der Waals surface area contributed by atoms with Crippen LogP contribution in [-0.4, -0.2) is 39.3 Å². The normalized spacial score (nSPS) is 17.9. The fraction of sp³-hybridized carbons (Fsp3) is 0.333. The van der Waals surface area contributed by atoms with Crippen molar-refractivity contribution in [2.24, 2.45) is 5.92 Å². The first-order valence-electron chi connectivity index (χ1n) is 12.0. The van der Waals surface area contributed by atoms with Crippen molar-refractivity contribution in [2.45, 2.75) is 45.6 Å². The molecular formula is C27H28N4O3S. The number of nitrogens with one attached hydrogen (secondary N) is 1. The second-order valence-electron chi connectivity index (χ2n) is 9.08. The van der Waals surface area contributed by atoms with Crippen LogP contribution in [0.4, 0.5) is 0 Å². The van der Waals surface area contributed by atoms with E-state index in [1.807, 2.05) is 54.8 Å². The van der Waals surface area contributed by atoms with E-state index in [0.717, 1.165) is 29.8 Å². The number of aromatic nitrogens is 3.